The second kappa shape index (κ2) is 7.18. The Hall–Kier alpha value is -2.85. The molecule has 0 amide bonds. The highest BCUT2D eigenvalue weighted by Gasteiger charge is 2.30. The maximum atomic E-state index is 12.5. The van der Waals surface area contributed by atoms with Crippen LogP contribution in [0.4, 0.5) is 0 Å². The quantitative estimate of drug-likeness (QED) is 0.539. The molecule has 5 nitrogen and oxygen atoms in total. The summed E-state index contributed by atoms with van der Waals surface area (Å²) >= 11 is 1.50. The summed E-state index contributed by atoms with van der Waals surface area (Å²) in [7, 11) is 0. The molecule has 2 unspecified atom stereocenters. The second-order valence-electron chi connectivity index (χ2n) is 5.83. The summed E-state index contributed by atoms with van der Waals surface area (Å²) in [6, 6.07) is 13.4. The van der Waals surface area contributed by atoms with Crippen molar-refractivity contribution in [3.63, 3.8) is 0 Å². The van der Waals surface area contributed by atoms with Gasteiger partial charge in [0.2, 0.25) is 5.78 Å². The average Bonchev–Trinajstić information content (AvgIpc) is 3.16. The predicted octanol–water partition coefficient (Wildman–Crippen LogP) is 2.48. The third kappa shape index (κ3) is 3.28. The molecule has 1 aliphatic rings. The van der Waals surface area contributed by atoms with Gasteiger partial charge >= 0.3 is 0 Å². The van der Waals surface area contributed by atoms with Gasteiger partial charge in [0.05, 0.1) is 11.3 Å². The summed E-state index contributed by atoms with van der Waals surface area (Å²) in [5.74, 6) is 4.64. The Morgan fingerprint density at radius 2 is 2.08 bits per heavy atom. The van der Waals surface area contributed by atoms with Gasteiger partial charge < -0.3 is 5.11 Å². The standard InChI is InChI=1S/C20H15N3O2S/c24-19-15(9-8-14-7-4-10-21-18(14)19)20(25)22-11-17-23-16(12-26-17)13-5-2-1-3-6-13/h1-7,10,12,15,20,22,25H,11H2. The first-order chi connectivity index (χ1) is 12.7. The molecular formula is C20H15N3O2S. The van der Waals surface area contributed by atoms with Gasteiger partial charge in [-0.05, 0) is 12.1 Å². The summed E-state index contributed by atoms with van der Waals surface area (Å²) in [5.41, 5.74) is 2.87. The molecule has 1 aliphatic carbocycles. The highest BCUT2D eigenvalue weighted by molar-refractivity contribution is 7.09. The van der Waals surface area contributed by atoms with Crippen LogP contribution in [0.5, 0.6) is 0 Å². The van der Waals surface area contributed by atoms with Crippen LogP contribution >= 0.6 is 11.3 Å². The van der Waals surface area contributed by atoms with Crippen molar-refractivity contribution >= 4 is 17.1 Å². The van der Waals surface area contributed by atoms with E-state index in [2.05, 4.69) is 27.1 Å². The molecule has 0 saturated heterocycles. The zero-order chi connectivity index (χ0) is 17.9. The van der Waals surface area contributed by atoms with Gasteiger partial charge in [-0.3, -0.25) is 15.1 Å². The Balaban J connectivity index is 1.42. The van der Waals surface area contributed by atoms with Gasteiger partial charge in [-0.25, -0.2) is 4.98 Å². The molecule has 2 aromatic heterocycles. The smallest absolute Gasteiger partial charge is 0.201 e. The normalized spacial score (nSPS) is 16.5. The van der Waals surface area contributed by atoms with Crippen LogP contribution < -0.4 is 5.32 Å². The summed E-state index contributed by atoms with van der Waals surface area (Å²) in [6.45, 7) is 0.360. The first-order valence-electron chi connectivity index (χ1n) is 8.14. The van der Waals surface area contributed by atoms with Crippen molar-refractivity contribution in [1.82, 2.24) is 15.3 Å². The molecule has 2 atom stereocenters. The minimum absolute atomic E-state index is 0.261. The molecule has 128 valence electrons. The molecule has 2 N–H and O–H groups in total. The van der Waals surface area contributed by atoms with Crippen molar-refractivity contribution in [1.29, 1.82) is 0 Å². The van der Waals surface area contributed by atoms with Gasteiger partial charge in [0, 0.05) is 23.7 Å². The Kier molecular flexibility index (Phi) is 4.59. The number of hydrogen-bond donors (Lipinski definition) is 2. The summed E-state index contributed by atoms with van der Waals surface area (Å²) in [6.07, 6.45) is 0.482. The summed E-state index contributed by atoms with van der Waals surface area (Å²) < 4.78 is 0. The number of hydrogen-bond acceptors (Lipinski definition) is 6. The van der Waals surface area contributed by atoms with E-state index in [0.29, 0.717) is 17.8 Å². The van der Waals surface area contributed by atoms with Crippen LogP contribution in [0.15, 0.2) is 54.0 Å². The molecule has 1 aromatic carbocycles. The maximum absolute atomic E-state index is 12.5. The van der Waals surface area contributed by atoms with E-state index in [9.17, 15) is 9.90 Å². The fraction of sp³-hybridized carbons (Fsp3) is 0.150. The van der Waals surface area contributed by atoms with Crippen LogP contribution in [0, 0.1) is 17.8 Å². The first-order valence-corrected chi connectivity index (χ1v) is 9.02. The number of rotatable bonds is 5. The fourth-order valence-corrected chi connectivity index (χ4v) is 3.49. The molecule has 26 heavy (non-hydrogen) atoms. The predicted molar refractivity (Wildman–Crippen MR) is 99.3 cm³/mol. The number of aromatic nitrogens is 2. The number of aliphatic hydroxyl groups is 1. The number of ketones is 1. The molecule has 0 aliphatic heterocycles. The van der Waals surface area contributed by atoms with Gasteiger partial charge in [0.15, 0.2) is 0 Å². The van der Waals surface area contributed by atoms with Crippen LogP contribution in [-0.4, -0.2) is 27.1 Å². The van der Waals surface area contributed by atoms with E-state index >= 15 is 0 Å². The lowest BCUT2D eigenvalue weighted by molar-refractivity contribution is 0.0670. The minimum atomic E-state index is -1.07. The SMILES string of the molecule is O=C1c2ncccc2C#CC1C(O)NCc1nc(-c2ccccc2)cs1. The number of fused-ring (bicyclic) bond motifs is 1. The van der Waals surface area contributed by atoms with Gasteiger partial charge in [0.1, 0.15) is 22.8 Å². The molecule has 6 heteroatoms. The Morgan fingerprint density at radius 3 is 2.92 bits per heavy atom. The van der Waals surface area contributed by atoms with Crippen LogP contribution in [0.25, 0.3) is 11.3 Å². The number of thiazole rings is 1. The summed E-state index contributed by atoms with van der Waals surface area (Å²) in [5, 5.41) is 16.1. The van der Waals surface area contributed by atoms with Crippen LogP contribution in [0.1, 0.15) is 21.1 Å². The van der Waals surface area contributed by atoms with Gasteiger partial charge in [0.25, 0.3) is 0 Å². The number of Topliss-reactive ketones (excluding diaryl/α,β-unsaturated/α-hetero) is 1. The summed E-state index contributed by atoms with van der Waals surface area (Å²) in [4.78, 5) is 21.1. The molecule has 0 spiro atoms. The fourth-order valence-electron chi connectivity index (χ4n) is 2.74. The van der Waals surface area contributed by atoms with Crippen LogP contribution in [-0.2, 0) is 6.54 Å². The molecule has 0 fully saturated rings. The van der Waals surface area contributed by atoms with Gasteiger partial charge in [-0.15, -0.1) is 11.3 Å². The van der Waals surface area contributed by atoms with Crippen molar-refractivity contribution < 1.29 is 9.90 Å². The van der Waals surface area contributed by atoms with E-state index in [1.165, 1.54) is 11.3 Å². The van der Waals surface area contributed by atoms with E-state index in [0.717, 1.165) is 16.3 Å². The van der Waals surface area contributed by atoms with E-state index < -0.39 is 12.1 Å². The molecule has 4 rings (SSSR count). The number of benzene rings is 1. The Labute approximate surface area is 154 Å². The monoisotopic (exact) mass is 361 g/mol. The van der Waals surface area contributed by atoms with Crippen molar-refractivity contribution in [3.05, 3.63) is 70.3 Å². The third-order valence-corrected chi connectivity index (χ3v) is 4.93. The molecular weight excluding hydrogens is 346 g/mol. The lowest BCUT2D eigenvalue weighted by atomic mass is 9.93. The Bertz CT molecular complexity index is 1000. The molecule has 0 bridgehead atoms. The van der Waals surface area contributed by atoms with E-state index in [4.69, 9.17) is 0 Å². The first kappa shape index (κ1) is 16.6. The van der Waals surface area contributed by atoms with Gasteiger partial charge in [-0.2, -0.15) is 0 Å². The largest absolute Gasteiger partial charge is 0.377 e. The average molecular weight is 361 g/mol. The highest BCUT2D eigenvalue weighted by atomic mass is 32.1. The van der Waals surface area contributed by atoms with Crippen LogP contribution in [0.2, 0.25) is 0 Å². The third-order valence-electron chi connectivity index (χ3n) is 4.09. The molecule has 2 heterocycles. The number of carbonyl (C=O) groups is 1. The lowest BCUT2D eigenvalue weighted by Crippen LogP contribution is -2.40. The van der Waals surface area contributed by atoms with Crippen molar-refractivity contribution in [2.75, 3.05) is 0 Å². The zero-order valence-corrected chi connectivity index (χ0v) is 14.5. The van der Waals surface area contributed by atoms with E-state index in [-0.39, 0.29) is 5.78 Å². The van der Waals surface area contributed by atoms with Crippen LogP contribution in [0.3, 0.4) is 0 Å². The molecule has 0 saturated carbocycles. The Morgan fingerprint density at radius 1 is 1.23 bits per heavy atom. The topological polar surface area (TPSA) is 75.1 Å². The van der Waals surface area contributed by atoms with Crippen molar-refractivity contribution in [2.45, 2.75) is 12.8 Å². The lowest BCUT2D eigenvalue weighted by Gasteiger charge is -2.20. The van der Waals surface area contributed by atoms with Crippen molar-refractivity contribution in [2.24, 2.45) is 5.92 Å². The zero-order valence-electron chi connectivity index (χ0n) is 13.7. The number of nitrogens with zero attached hydrogens (tertiary/aromatic N) is 2. The minimum Gasteiger partial charge on any atom is -0.377 e. The number of aliphatic hydroxyl groups excluding tert-OH is 1. The highest BCUT2D eigenvalue weighted by Crippen LogP contribution is 2.22. The van der Waals surface area contributed by atoms with E-state index in [1.54, 1.807) is 18.3 Å². The van der Waals surface area contributed by atoms with Gasteiger partial charge in [-0.1, -0.05) is 42.2 Å². The number of pyridine rings is 1. The number of nitrogens with one attached hydrogen (secondary N) is 1. The molecule has 3 aromatic rings. The maximum Gasteiger partial charge on any atom is 0.201 e. The number of carbonyl (C=O) groups excluding carboxylic acids is 1. The van der Waals surface area contributed by atoms with E-state index in [1.807, 2.05) is 35.7 Å². The van der Waals surface area contributed by atoms with Crippen molar-refractivity contribution in [3.8, 4) is 23.1 Å². The second-order valence-corrected chi connectivity index (χ2v) is 6.77. The molecule has 0 radical (unpaired) electrons.